The highest BCUT2D eigenvalue weighted by atomic mass is 16.4. The van der Waals surface area contributed by atoms with Crippen LogP contribution >= 0.6 is 0 Å². The van der Waals surface area contributed by atoms with Crippen molar-refractivity contribution in [1.82, 2.24) is 14.9 Å². The molecule has 6 heteroatoms. The number of aromatic nitrogens is 2. The van der Waals surface area contributed by atoms with Crippen molar-refractivity contribution in [2.75, 3.05) is 6.54 Å². The smallest absolute Gasteiger partial charge is 0.307 e. The van der Waals surface area contributed by atoms with Gasteiger partial charge in [-0.05, 0) is 24.7 Å². The topological polar surface area (TPSA) is 84.2 Å². The molecule has 21 heavy (non-hydrogen) atoms. The fourth-order valence-electron chi connectivity index (χ4n) is 3.53. The van der Waals surface area contributed by atoms with Gasteiger partial charge in [0.15, 0.2) is 0 Å². The van der Waals surface area contributed by atoms with E-state index in [2.05, 4.69) is 10.3 Å². The minimum absolute atomic E-state index is 0.0224. The first kappa shape index (κ1) is 13.9. The van der Waals surface area contributed by atoms with Crippen molar-refractivity contribution in [1.29, 1.82) is 0 Å². The van der Waals surface area contributed by atoms with Gasteiger partial charge in [-0.1, -0.05) is 12.2 Å². The van der Waals surface area contributed by atoms with E-state index >= 15 is 0 Å². The Morgan fingerprint density at radius 2 is 2.05 bits per heavy atom. The van der Waals surface area contributed by atoms with E-state index in [1.807, 2.05) is 22.9 Å². The first-order valence-electron chi connectivity index (χ1n) is 7.31. The largest absolute Gasteiger partial charge is 0.481 e. The van der Waals surface area contributed by atoms with Gasteiger partial charge in [0.05, 0.1) is 18.2 Å². The molecule has 1 amide bonds. The van der Waals surface area contributed by atoms with Crippen molar-refractivity contribution in [3.05, 3.63) is 30.9 Å². The minimum Gasteiger partial charge on any atom is -0.481 e. The predicted molar refractivity (Wildman–Crippen MR) is 75.2 cm³/mol. The van der Waals surface area contributed by atoms with Crippen LogP contribution in [0.2, 0.25) is 0 Å². The average Bonchev–Trinajstić information content (AvgIpc) is 3.18. The van der Waals surface area contributed by atoms with Gasteiger partial charge >= 0.3 is 5.97 Å². The molecule has 0 radical (unpaired) electrons. The lowest BCUT2D eigenvalue weighted by Crippen LogP contribution is -2.40. The van der Waals surface area contributed by atoms with Gasteiger partial charge in [-0.15, -0.1) is 0 Å². The fourth-order valence-corrected chi connectivity index (χ4v) is 3.53. The summed E-state index contributed by atoms with van der Waals surface area (Å²) in [5.74, 6) is -1.84. The summed E-state index contributed by atoms with van der Waals surface area (Å²) < 4.78 is 1.95. The van der Waals surface area contributed by atoms with Crippen LogP contribution in [0.5, 0.6) is 0 Å². The summed E-state index contributed by atoms with van der Waals surface area (Å²) in [4.78, 5) is 27.6. The van der Waals surface area contributed by atoms with Gasteiger partial charge < -0.3 is 15.0 Å². The van der Waals surface area contributed by atoms with Crippen molar-refractivity contribution in [3.63, 3.8) is 0 Å². The molecular formula is C15H19N3O3. The van der Waals surface area contributed by atoms with E-state index in [1.54, 1.807) is 12.5 Å². The minimum atomic E-state index is -0.856. The quantitative estimate of drug-likeness (QED) is 0.602. The van der Waals surface area contributed by atoms with Crippen LogP contribution in [0.25, 0.3) is 0 Å². The van der Waals surface area contributed by atoms with Crippen molar-refractivity contribution < 1.29 is 14.7 Å². The van der Waals surface area contributed by atoms with Crippen molar-refractivity contribution in [2.45, 2.75) is 19.4 Å². The number of aliphatic carboxylic acids is 1. The number of rotatable bonds is 6. The third-order valence-corrected chi connectivity index (χ3v) is 4.50. The maximum Gasteiger partial charge on any atom is 0.307 e. The molecule has 1 fully saturated rings. The van der Waals surface area contributed by atoms with Crippen LogP contribution in [0.1, 0.15) is 12.8 Å². The summed E-state index contributed by atoms with van der Waals surface area (Å²) in [7, 11) is 0. The summed E-state index contributed by atoms with van der Waals surface area (Å²) >= 11 is 0. The second kappa shape index (κ2) is 5.71. The van der Waals surface area contributed by atoms with Gasteiger partial charge in [-0.3, -0.25) is 9.59 Å². The summed E-state index contributed by atoms with van der Waals surface area (Å²) in [5.41, 5.74) is 0. The number of nitrogens with zero attached hydrogens (tertiary/aromatic N) is 2. The molecule has 2 unspecified atom stereocenters. The Balaban J connectivity index is 1.51. The van der Waals surface area contributed by atoms with Crippen LogP contribution in [-0.4, -0.2) is 33.1 Å². The molecule has 1 aromatic rings. The van der Waals surface area contributed by atoms with E-state index in [0.717, 1.165) is 19.4 Å². The van der Waals surface area contributed by atoms with Crippen molar-refractivity contribution in [3.8, 4) is 0 Å². The molecule has 1 saturated carbocycles. The molecule has 6 nitrogen and oxygen atoms in total. The lowest BCUT2D eigenvalue weighted by molar-refractivity contribution is -0.147. The molecule has 2 bridgehead atoms. The standard InChI is InChI=1S/C15H19N3O3/c19-14(17-4-1-6-18-7-5-16-9-18)12-10-2-3-11(8-10)13(12)15(20)21/h2-3,5,7,9-13H,1,4,6,8H2,(H,17,19)(H,20,21)/t10?,11?,12-,13+/m0/s1. The Kier molecular flexibility index (Phi) is 3.77. The monoisotopic (exact) mass is 289 g/mol. The van der Waals surface area contributed by atoms with Crippen molar-refractivity contribution in [2.24, 2.45) is 23.7 Å². The molecule has 1 heterocycles. The first-order valence-corrected chi connectivity index (χ1v) is 7.31. The van der Waals surface area contributed by atoms with Crippen LogP contribution in [0.3, 0.4) is 0 Å². The zero-order chi connectivity index (χ0) is 14.8. The lowest BCUT2D eigenvalue weighted by atomic mass is 9.82. The number of carboxylic acid groups (broad SMARTS) is 1. The number of fused-ring (bicyclic) bond motifs is 2. The second-order valence-electron chi connectivity index (χ2n) is 5.78. The van der Waals surface area contributed by atoms with Crippen LogP contribution in [0.15, 0.2) is 30.9 Å². The molecular weight excluding hydrogens is 270 g/mol. The maximum atomic E-state index is 12.3. The number of hydrogen-bond acceptors (Lipinski definition) is 3. The van der Waals surface area contributed by atoms with Gasteiger partial charge in [0.2, 0.25) is 5.91 Å². The van der Waals surface area contributed by atoms with Crippen LogP contribution in [0.4, 0.5) is 0 Å². The molecule has 1 aromatic heterocycles. The number of carbonyl (C=O) groups excluding carboxylic acids is 1. The maximum absolute atomic E-state index is 12.3. The van der Waals surface area contributed by atoms with Gasteiger partial charge in [0.1, 0.15) is 0 Å². The third-order valence-electron chi connectivity index (χ3n) is 4.50. The molecule has 2 N–H and O–H groups in total. The Morgan fingerprint density at radius 3 is 2.71 bits per heavy atom. The number of amides is 1. The summed E-state index contributed by atoms with van der Waals surface area (Å²) in [5, 5.41) is 12.2. The number of hydrogen-bond donors (Lipinski definition) is 2. The third kappa shape index (κ3) is 2.70. The van der Waals surface area contributed by atoms with E-state index in [9.17, 15) is 14.7 Å². The highest BCUT2D eigenvalue weighted by Crippen LogP contribution is 2.48. The summed E-state index contributed by atoms with van der Waals surface area (Å²) in [6.45, 7) is 1.35. The molecule has 112 valence electrons. The SMILES string of the molecule is O=C(O)[C@@H]1C2C=CC(C2)[C@@H]1C(=O)NCCCn1ccnc1. The fraction of sp³-hybridized carbons (Fsp3) is 0.533. The van der Waals surface area contributed by atoms with Gasteiger partial charge in [-0.2, -0.15) is 0 Å². The molecule has 3 rings (SSSR count). The summed E-state index contributed by atoms with van der Waals surface area (Å²) in [6.07, 6.45) is 10.9. The van der Waals surface area contributed by atoms with E-state index in [-0.39, 0.29) is 17.7 Å². The average molecular weight is 289 g/mol. The molecule has 4 atom stereocenters. The van der Waals surface area contributed by atoms with Crippen LogP contribution in [-0.2, 0) is 16.1 Å². The Labute approximate surface area is 122 Å². The second-order valence-corrected chi connectivity index (χ2v) is 5.78. The van der Waals surface area contributed by atoms with Crippen LogP contribution in [0, 0.1) is 23.7 Å². The first-order chi connectivity index (χ1) is 10.2. The van der Waals surface area contributed by atoms with E-state index in [0.29, 0.717) is 6.54 Å². The summed E-state index contributed by atoms with van der Waals surface area (Å²) in [6, 6.07) is 0. The number of carboxylic acids is 1. The number of allylic oxidation sites excluding steroid dienone is 2. The zero-order valence-corrected chi connectivity index (χ0v) is 11.7. The molecule has 0 saturated heterocycles. The number of carbonyl (C=O) groups is 2. The zero-order valence-electron chi connectivity index (χ0n) is 11.7. The highest BCUT2D eigenvalue weighted by molar-refractivity contribution is 5.86. The normalized spacial score (nSPS) is 29.7. The van der Waals surface area contributed by atoms with Gasteiger partial charge in [-0.25, -0.2) is 4.98 Å². The highest BCUT2D eigenvalue weighted by Gasteiger charge is 2.51. The van der Waals surface area contributed by atoms with E-state index in [1.165, 1.54) is 0 Å². The number of aryl methyl sites for hydroxylation is 1. The molecule has 0 spiro atoms. The number of imidazole rings is 1. The van der Waals surface area contributed by atoms with Gasteiger partial charge in [0.25, 0.3) is 0 Å². The Morgan fingerprint density at radius 1 is 1.29 bits per heavy atom. The van der Waals surface area contributed by atoms with Gasteiger partial charge in [0, 0.05) is 25.5 Å². The predicted octanol–water partition coefficient (Wildman–Crippen LogP) is 0.912. The molecule has 2 aliphatic rings. The van der Waals surface area contributed by atoms with E-state index < -0.39 is 17.8 Å². The number of nitrogens with one attached hydrogen (secondary N) is 1. The molecule has 2 aliphatic carbocycles. The van der Waals surface area contributed by atoms with E-state index in [4.69, 9.17) is 0 Å². The lowest BCUT2D eigenvalue weighted by Gasteiger charge is -2.23. The molecule has 0 aliphatic heterocycles. The molecule has 0 aromatic carbocycles. The Hall–Kier alpha value is -2.11. The Bertz CT molecular complexity index is 553. The van der Waals surface area contributed by atoms with Crippen LogP contribution < -0.4 is 5.32 Å². The van der Waals surface area contributed by atoms with Crippen molar-refractivity contribution >= 4 is 11.9 Å².